The van der Waals surface area contributed by atoms with Crippen molar-refractivity contribution in [3.05, 3.63) is 54.1 Å². The van der Waals surface area contributed by atoms with Crippen LogP contribution in [0.3, 0.4) is 0 Å². The smallest absolute Gasteiger partial charge is 0.404 e. The molecule has 128 valence electrons. The van der Waals surface area contributed by atoms with E-state index in [1.54, 1.807) is 0 Å². The summed E-state index contributed by atoms with van der Waals surface area (Å²) in [6.07, 6.45) is -5.04. The van der Waals surface area contributed by atoms with Gasteiger partial charge in [-0.2, -0.15) is 0 Å². The summed E-state index contributed by atoms with van der Waals surface area (Å²) in [4.78, 5) is 10.8. The third-order valence-electron chi connectivity index (χ3n) is 2.92. The minimum Gasteiger partial charge on any atom is -0.404 e. The molecule has 0 aliphatic rings. The lowest BCUT2D eigenvalue weighted by atomic mass is 10.1. The molecular weight excluding hydrogens is 347 g/mol. The number of sulfonamides is 1. The Morgan fingerprint density at radius 3 is 2.25 bits per heavy atom. The lowest BCUT2D eigenvalue weighted by molar-refractivity contribution is -0.275. The van der Waals surface area contributed by atoms with Crippen molar-refractivity contribution < 1.29 is 31.1 Å². The van der Waals surface area contributed by atoms with Gasteiger partial charge in [-0.25, -0.2) is 8.42 Å². The molecule has 2 aromatic rings. The van der Waals surface area contributed by atoms with Crippen LogP contribution in [0.1, 0.15) is 17.3 Å². The number of nitrogens with one attached hydrogen (secondary N) is 1. The van der Waals surface area contributed by atoms with Crippen LogP contribution < -0.4 is 9.46 Å². The van der Waals surface area contributed by atoms with Crippen molar-refractivity contribution in [1.29, 1.82) is 0 Å². The minimum absolute atomic E-state index is 0.0354. The van der Waals surface area contributed by atoms with Gasteiger partial charge in [0.05, 0.1) is 5.69 Å². The molecule has 0 fully saturated rings. The van der Waals surface area contributed by atoms with Crippen LogP contribution in [-0.4, -0.2) is 20.6 Å². The highest BCUT2D eigenvalue weighted by Gasteiger charge is 2.34. The molecule has 0 bridgehead atoms. The molecule has 0 aliphatic heterocycles. The summed E-state index contributed by atoms with van der Waals surface area (Å²) >= 11 is 0. The van der Waals surface area contributed by atoms with E-state index in [0.717, 1.165) is 12.1 Å². The zero-order valence-corrected chi connectivity index (χ0v) is 13.1. The maximum Gasteiger partial charge on any atom is 0.573 e. The van der Waals surface area contributed by atoms with Crippen LogP contribution in [-0.2, 0) is 10.0 Å². The van der Waals surface area contributed by atoms with Crippen molar-refractivity contribution in [3.8, 4) is 5.75 Å². The van der Waals surface area contributed by atoms with Crippen LogP contribution in [0.4, 0.5) is 18.9 Å². The summed E-state index contributed by atoms with van der Waals surface area (Å²) in [5.74, 6) is -1.26. The molecule has 24 heavy (non-hydrogen) atoms. The van der Waals surface area contributed by atoms with Crippen molar-refractivity contribution in [2.24, 2.45) is 0 Å². The first-order valence-corrected chi connectivity index (χ1v) is 8.06. The van der Waals surface area contributed by atoms with E-state index in [1.165, 1.54) is 43.3 Å². The van der Waals surface area contributed by atoms with Crippen molar-refractivity contribution in [1.82, 2.24) is 0 Å². The first-order chi connectivity index (χ1) is 11.1. The molecule has 0 spiro atoms. The number of benzene rings is 2. The highest BCUT2D eigenvalue weighted by atomic mass is 32.2. The van der Waals surface area contributed by atoms with Gasteiger partial charge in [-0.3, -0.25) is 9.52 Å². The van der Waals surface area contributed by atoms with Crippen molar-refractivity contribution in [3.63, 3.8) is 0 Å². The first-order valence-electron chi connectivity index (χ1n) is 6.58. The highest BCUT2D eigenvalue weighted by Crippen LogP contribution is 2.31. The molecule has 1 N–H and O–H groups in total. The fraction of sp³-hybridized carbons (Fsp3) is 0.133. The SMILES string of the molecule is CC(=O)c1ccccc1NS(=O)(=O)c1ccccc1OC(F)(F)F. The van der Waals surface area contributed by atoms with Gasteiger partial charge in [0.25, 0.3) is 10.0 Å². The second-order valence-electron chi connectivity index (χ2n) is 4.70. The summed E-state index contributed by atoms with van der Waals surface area (Å²) < 4.78 is 68.0. The van der Waals surface area contributed by atoms with Gasteiger partial charge in [0.1, 0.15) is 10.6 Å². The standard InChI is InChI=1S/C15H12F3NO4S/c1-10(20)11-6-2-3-7-12(11)19-24(21,22)14-9-5-4-8-13(14)23-15(16,17)18/h2-9,19H,1H3. The molecule has 5 nitrogen and oxygen atoms in total. The number of Topliss-reactive ketones (excluding diaryl/α,β-unsaturated/α-hetero) is 1. The van der Waals surface area contributed by atoms with E-state index in [2.05, 4.69) is 9.46 Å². The number of rotatable bonds is 5. The Balaban J connectivity index is 2.45. The molecule has 0 aliphatic carbocycles. The summed E-state index contributed by atoms with van der Waals surface area (Å²) in [5.41, 5.74) is 0.0575. The molecule has 0 saturated heterocycles. The van der Waals surface area contributed by atoms with Crippen LogP contribution in [0.25, 0.3) is 0 Å². The molecule has 0 radical (unpaired) electrons. The second-order valence-corrected chi connectivity index (χ2v) is 6.35. The Hall–Kier alpha value is -2.55. The first kappa shape index (κ1) is 17.8. The molecule has 2 aromatic carbocycles. The Labute approximate surface area is 136 Å². The molecular formula is C15H12F3NO4S. The Bertz CT molecular complexity index is 863. The Morgan fingerprint density at radius 2 is 1.62 bits per heavy atom. The van der Waals surface area contributed by atoms with Gasteiger partial charge in [0.15, 0.2) is 5.78 Å². The lowest BCUT2D eigenvalue weighted by Gasteiger charge is -2.15. The van der Waals surface area contributed by atoms with Crippen molar-refractivity contribution in [2.45, 2.75) is 18.2 Å². The van der Waals surface area contributed by atoms with Gasteiger partial charge in [-0.1, -0.05) is 24.3 Å². The number of ketones is 1. The highest BCUT2D eigenvalue weighted by molar-refractivity contribution is 7.92. The van der Waals surface area contributed by atoms with E-state index in [9.17, 15) is 26.4 Å². The third-order valence-corrected chi connectivity index (χ3v) is 4.32. The average molecular weight is 359 g/mol. The van der Waals surface area contributed by atoms with E-state index < -0.39 is 32.8 Å². The maximum atomic E-state index is 12.4. The summed E-state index contributed by atoms with van der Waals surface area (Å²) in [6.45, 7) is 1.24. The third kappa shape index (κ3) is 4.25. The van der Waals surface area contributed by atoms with Gasteiger partial charge in [-0.05, 0) is 31.2 Å². The normalized spacial score (nSPS) is 11.8. The summed E-state index contributed by atoms with van der Waals surface area (Å²) in [7, 11) is -4.40. The molecule has 0 heterocycles. The predicted molar refractivity (Wildman–Crippen MR) is 80.4 cm³/mol. The number of hydrogen-bond donors (Lipinski definition) is 1. The topological polar surface area (TPSA) is 72.5 Å². The van der Waals surface area contributed by atoms with Crippen molar-refractivity contribution in [2.75, 3.05) is 4.72 Å². The molecule has 0 aromatic heterocycles. The second kappa shape index (κ2) is 6.52. The van der Waals surface area contributed by atoms with Crippen LogP contribution >= 0.6 is 0 Å². The number of para-hydroxylation sites is 2. The van der Waals surface area contributed by atoms with E-state index in [0.29, 0.717) is 0 Å². The van der Waals surface area contributed by atoms with Gasteiger partial charge in [0.2, 0.25) is 0 Å². The predicted octanol–water partition coefficient (Wildman–Crippen LogP) is 3.59. The van der Waals surface area contributed by atoms with E-state index in [1.807, 2.05) is 0 Å². The minimum atomic E-state index is -5.04. The van der Waals surface area contributed by atoms with Gasteiger partial charge >= 0.3 is 6.36 Å². The Morgan fingerprint density at radius 1 is 1.04 bits per heavy atom. The van der Waals surface area contributed by atoms with Crippen LogP contribution in [0.5, 0.6) is 5.75 Å². The van der Waals surface area contributed by atoms with Crippen molar-refractivity contribution >= 4 is 21.5 Å². The molecule has 9 heteroatoms. The molecule has 0 amide bonds. The van der Waals surface area contributed by atoms with Crippen LogP contribution in [0.2, 0.25) is 0 Å². The number of carbonyl (C=O) groups is 1. The monoisotopic (exact) mass is 359 g/mol. The number of alkyl halides is 3. The maximum absolute atomic E-state index is 12.4. The number of anilines is 1. The largest absolute Gasteiger partial charge is 0.573 e. The summed E-state index contributed by atoms with van der Waals surface area (Å²) in [5, 5.41) is 0. The molecule has 0 atom stereocenters. The lowest BCUT2D eigenvalue weighted by Crippen LogP contribution is -2.21. The van der Waals surface area contributed by atoms with Crippen LogP contribution in [0, 0.1) is 0 Å². The number of ether oxygens (including phenoxy) is 1. The fourth-order valence-corrected chi connectivity index (χ4v) is 3.17. The quantitative estimate of drug-likeness (QED) is 0.828. The van der Waals surface area contributed by atoms with Gasteiger partial charge in [0, 0.05) is 5.56 Å². The number of halogens is 3. The fourth-order valence-electron chi connectivity index (χ4n) is 1.96. The molecule has 0 unspecified atom stereocenters. The zero-order valence-electron chi connectivity index (χ0n) is 12.3. The number of hydrogen-bond acceptors (Lipinski definition) is 4. The van der Waals surface area contributed by atoms with E-state index in [4.69, 9.17) is 0 Å². The average Bonchev–Trinajstić information content (AvgIpc) is 2.46. The van der Waals surface area contributed by atoms with Gasteiger partial charge < -0.3 is 4.74 Å². The molecule has 2 rings (SSSR count). The van der Waals surface area contributed by atoms with Gasteiger partial charge in [-0.15, -0.1) is 13.2 Å². The molecule has 0 saturated carbocycles. The zero-order chi connectivity index (χ0) is 18.0. The van der Waals surface area contributed by atoms with Crippen LogP contribution in [0.15, 0.2) is 53.4 Å². The van der Waals surface area contributed by atoms with E-state index in [-0.39, 0.29) is 11.3 Å². The summed E-state index contributed by atoms with van der Waals surface area (Å²) in [6, 6.07) is 10.1. The van der Waals surface area contributed by atoms with E-state index >= 15 is 0 Å². The number of carbonyl (C=O) groups excluding carboxylic acids is 1. The Kier molecular flexibility index (Phi) is 4.83.